The van der Waals surface area contributed by atoms with Gasteiger partial charge in [-0.05, 0) is 61.5 Å². The van der Waals surface area contributed by atoms with Crippen molar-refractivity contribution in [2.45, 2.75) is 58.4 Å². The first kappa shape index (κ1) is 12.8. The summed E-state index contributed by atoms with van der Waals surface area (Å²) in [6, 6.07) is 0.812. The van der Waals surface area contributed by atoms with E-state index in [0.717, 1.165) is 12.0 Å². The summed E-state index contributed by atoms with van der Waals surface area (Å²) in [5.41, 5.74) is 0.597. The quantitative estimate of drug-likeness (QED) is 0.756. The van der Waals surface area contributed by atoms with Gasteiger partial charge in [0.2, 0.25) is 0 Å². The summed E-state index contributed by atoms with van der Waals surface area (Å²) in [6.45, 7) is 6.14. The lowest BCUT2D eigenvalue weighted by Gasteiger charge is -2.22. The molecule has 0 aromatic carbocycles. The topological polar surface area (TPSA) is 12.0 Å². The van der Waals surface area contributed by atoms with Crippen LogP contribution in [0.15, 0.2) is 0 Å². The van der Waals surface area contributed by atoms with Gasteiger partial charge in [-0.1, -0.05) is 20.3 Å². The van der Waals surface area contributed by atoms with Crippen molar-refractivity contribution in [1.82, 2.24) is 5.32 Å². The molecule has 2 heteroatoms. The van der Waals surface area contributed by atoms with Gasteiger partial charge in [-0.3, -0.25) is 0 Å². The molecule has 1 saturated carbocycles. The minimum absolute atomic E-state index is 0.597. The highest BCUT2D eigenvalue weighted by Gasteiger charge is 2.24. The Hall–Kier alpha value is 0.310. The summed E-state index contributed by atoms with van der Waals surface area (Å²) < 4.78 is 0. The third-order valence-electron chi connectivity index (χ3n) is 4.29. The van der Waals surface area contributed by atoms with Crippen LogP contribution in [0.5, 0.6) is 0 Å². The van der Waals surface area contributed by atoms with E-state index < -0.39 is 0 Å². The minimum atomic E-state index is 0.597. The Labute approximate surface area is 105 Å². The van der Waals surface area contributed by atoms with Crippen LogP contribution in [0, 0.1) is 11.3 Å². The molecule has 2 rings (SSSR count). The molecule has 2 unspecified atom stereocenters. The summed E-state index contributed by atoms with van der Waals surface area (Å²) in [5.74, 6) is 3.75. The second kappa shape index (κ2) is 5.77. The Bertz CT molecular complexity index is 209. The highest BCUT2D eigenvalue weighted by molar-refractivity contribution is 7.99. The maximum absolute atomic E-state index is 3.83. The summed E-state index contributed by atoms with van der Waals surface area (Å²) in [5, 5.41) is 3.83. The lowest BCUT2D eigenvalue weighted by Crippen LogP contribution is -2.33. The molecule has 1 nitrogen and oxygen atoms in total. The molecule has 0 aromatic rings. The Morgan fingerprint density at radius 1 is 1.19 bits per heavy atom. The summed E-state index contributed by atoms with van der Waals surface area (Å²) in [6.07, 6.45) is 8.49. The SMILES string of the molecule is CC1(C)CCCC(NCC2CCSC2)CC1. The molecule has 1 aliphatic carbocycles. The molecule has 2 atom stereocenters. The van der Waals surface area contributed by atoms with Gasteiger partial charge in [0.1, 0.15) is 0 Å². The Morgan fingerprint density at radius 2 is 2.06 bits per heavy atom. The van der Waals surface area contributed by atoms with Gasteiger partial charge in [0.15, 0.2) is 0 Å². The molecular formula is C14H27NS. The zero-order chi connectivity index (χ0) is 11.4. The normalized spacial score (nSPS) is 34.9. The van der Waals surface area contributed by atoms with Gasteiger partial charge in [0.25, 0.3) is 0 Å². The van der Waals surface area contributed by atoms with Crippen LogP contribution in [-0.2, 0) is 0 Å². The van der Waals surface area contributed by atoms with Crippen LogP contribution >= 0.6 is 11.8 Å². The van der Waals surface area contributed by atoms with Gasteiger partial charge in [0.05, 0.1) is 0 Å². The molecule has 16 heavy (non-hydrogen) atoms. The number of nitrogens with one attached hydrogen (secondary N) is 1. The third-order valence-corrected chi connectivity index (χ3v) is 5.53. The van der Waals surface area contributed by atoms with Crippen LogP contribution in [-0.4, -0.2) is 24.1 Å². The van der Waals surface area contributed by atoms with Crippen molar-refractivity contribution in [2.24, 2.45) is 11.3 Å². The Morgan fingerprint density at radius 3 is 2.81 bits per heavy atom. The van der Waals surface area contributed by atoms with E-state index in [2.05, 4.69) is 30.9 Å². The van der Waals surface area contributed by atoms with Crippen molar-refractivity contribution < 1.29 is 0 Å². The van der Waals surface area contributed by atoms with E-state index >= 15 is 0 Å². The summed E-state index contributed by atoms with van der Waals surface area (Å²) in [4.78, 5) is 0. The molecule has 1 aliphatic heterocycles. The summed E-state index contributed by atoms with van der Waals surface area (Å²) in [7, 11) is 0. The zero-order valence-electron chi connectivity index (χ0n) is 10.9. The largest absolute Gasteiger partial charge is 0.314 e. The smallest absolute Gasteiger partial charge is 0.00673 e. The van der Waals surface area contributed by atoms with E-state index in [-0.39, 0.29) is 0 Å². The van der Waals surface area contributed by atoms with E-state index in [0.29, 0.717) is 5.41 Å². The van der Waals surface area contributed by atoms with Gasteiger partial charge in [0, 0.05) is 6.04 Å². The molecule has 0 bridgehead atoms. The number of thioether (sulfide) groups is 1. The highest BCUT2D eigenvalue weighted by Crippen LogP contribution is 2.34. The van der Waals surface area contributed by atoms with Crippen LogP contribution in [0.3, 0.4) is 0 Å². The van der Waals surface area contributed by atoms with E-state index in [1.54, 1.807) is 0 Å². The highest BCUT2D eigenvalue weighted by atomic mass is 32.2. The molecule has 1 N–H and O–H groups in total. The van der Waals surface area contributed by atoms with Gasteiger partial charge in [-0.25, -0.2) is 0 Å². The van der Waals surface area contributed by atoms with Crippen LogP contribution in [0.1, 0.15) is 52.4 Å². The predicted molar refractivity (Wildman–Crippen MR) is 74.1 cm³/mol. The maximum atomic E-state index is 3.83. The molecule has 1 saturated heterocycles. The molecule has 0 amide bonds. The van der Waals surface area contributed by atoms with E-state index in [1.807, 2.05) is 0 Å². The van der Waals surface area contributed by atoms with E-state index in [4.69, 9.17) is 0 Å². The molecule has 1 heterocycles. The monoisotopic (exact) mass is 241 g/mol. The molecule has 0 spiro atoms. The molecule has 94 valence electrons. The van der Waals surface area contributed by atoms with Crippen LogP contribution in [0.2, 0.25) is 0 Å². The van der Waals surface area contributed by atoms with Gasteiger partial charge < -0.3 is 5.32 Å². The first-order valence-electron chi connectivity index (χ1n) is 6.97. The van der Waals surface area contributed by atoms with E-state index in [9.17, 15) is 0 Å². The van der Waals surface area contributed by atoms with Crippen LogP contribution < -0.4 is 5.32 Å². The average molecular weight is 241 g/mol. The maximum Gasteiger partial charge on any atom is 0.00673 e. The lowest BCUT2D eigenvalue weighted by atomic mass is 9.85. The molecule has 2 fully saturated rings. The molecule has 2 aliphatic rings. The van der Waals surface area contributed by atoms with Crippen LogP contribution in [0.25, 0.3) is 0 Å². The molecule has 0 aromatic heterocycles. The fourth-order valence-electron chi connectivity index (χ4n) is 2.94. The van der Waals surface area contributed by atoms with Gasteiger partial charge in [-0.15, -0.1) is 0 Å². The average Bonchev–Trinajstić information content (AvgIpc) is 2.68. The fourth-order valence-corrected chi connectivity index (χ4v) is 4.23. The molecule has 0 radical (unpaired) electrons. The second-order valence-electron chi connectivity index (χ2n) is 6.43. The van der Waals surface area contributed by atoms with Crippen molar-refractivity contribution in [3.63, 3.8) is 0 Å². The Kier molecular flexibility index (Phi) is 4.60. The van der Waals surface area contributed by atoms with E-state index in [1.165, 1.54) is 56.6 Å². The van der Waals surface area contributed by atoms with Crippen LogP contribution in [0.4, 0.5) is 0 Å². The number of hydrogen-bond donors (Lipinski definition) is 1. The number of hydrogen-bond acceptors (Lipinski definition) is 2. The molecular weight excluding hydrogens is 214 g/mol. The first-order valence-corrected chi connectivity index (χ1v) is 8.12. The third kappa shape index (κ3) is 3.96. The lowest BCUT2D eigenvalue weighted by molar-refractivity contribution is 0.308. The summed E-state index contributed by atoms with van der Waals surface area (Å²) >= 11 is 2.13. The van der Waals surface area contributed by atoms with Crippen molar-refractivity contribution >= 4 is 11.8 Å². The zero-order valence-corrected chi connectivity index (χ0v) is 11.7. The second-order valence-corrected chi connectivity index (χ2v) is 7.58. The predicted octanol–water partition coefficient (Wildman–Crippen LogP) is 3.69. The van der Waals surface area contributed by atoms with Gasteiger partial charge in [-0.2, -0.15) is 11.8 Å². The van der Waals surface area contributed by atoms with Crippen molar-refractivity contribution in [3.05, 3.63) is 0 Å². The Balaban J connectivity index is 1.69. The van der Waals surface area contributed by atoms with Crippen molar-refractivity contribution in [2.75, 3.05) is 18.1 Å². The first-order chi connectivity index (χ1) is 7.66. The fraction of sp³-hybridized carbons (Fsp3) is 1.00. The van der Waals surface area contributed by atoms with Gasteiger partial charge >= 0.3 is 0 Å². The minimum Gasteiger partial charge on any atom is -0.314 e. The van der Waals surface area contributed by atoms with Crippen molar-refractivity contribution in [1.29, 1.82) is 0 Å². The standard InChI is InChI=1S/C14H27NS/c1-14(2)7-3-4-13(5-8-14)15-10-12-6-9-16-11-12/h12-13,15H,3-11H2,1-2H3. The van der Waals surface area contributed by atoms with Crippen molar-refractivity contribution in [3.8, 4) is 0 Å². The number of rotatable bonds is 3.